The van der Waals surface area contributed by atoms with Crippen molar-refractivity contribution >= 4 is 46.1 Å². The maximum atomic E-state index is 12.3. The molecule has 3 aliphatic rings. The molecule has 1 aliphatic heterocycles. The van der Waals surface area contributed by atoms with Crippen molar-refractivity contribution < 1.29 is 29.3 Å². The fourth-order valence-corrected chi connectivity index (χ4v) is 4.79. The second kappa shape index (κ2) is 11.4. The van der Waals surface area contributed by atoms with Gasteiger partial charge < -0.3 is 30.4 Å². The molecule has 1 aromatic rings. The molecule has 1 aromatic carbocycles. The number of nitrogens with one attached hydrogen (secondary N) is 2. The average Bonchev–Trinajstić information content (AvgIpc) is 2.84. The maximum Gasteiger partial charge on any atom is 0.336 e. The van der Waals surface area contributed by atoms with Gasteiger partial charge in [-0.2, -0.15) is 0 Å². The molecular formula is C28H28N2O6S. The lowest BCUT2D eigenvalue weighted by molar-refractivity contribution is -0.117. The minimum absolute atomic E-state index is 0.0419. The van der Waals surface area contributed by atoms with E-state index in [0.29, 0.717) is 46.2 Å². The molecule has 2 atom stereocenters. The highest BCUT2D eigenvalue weighted by Gasteiger charge is 2.37. The van der Waals surface area contributed by atoms with Crippen LogP contribution in [0.2, 0.25) is 0 Å². The number of hydrogen-bond donors (Lipinski definition) is 4. The van der Waals surface area contributed by atoms with Crippen molar-refractivity contribution in [3.8, 4) is 0 Å². The Hall–Kier alpha value is -3.98. The second-order valence-electron chi connectivity index (χ2n) is 9.09. The number of aliphatic hydroxyl groups is 1. The molecule has 0 saturated carbocycles. The molecule has 4 N–H and O–H groups in total. The zero-order chi connectivity index (χ0) is 26.5. The summed E-state index contributed by atoms with van der Waals surface area (Å²) in [6.45, 7) is 2.22. The second-order valence-corrected chi connectivity index (χ2v) is 9.50. The monoisotopic (exact) mass is 520 g/mol. The first kappa shape index (κ1) is 26.1. The number of Topliss-reactive ketones (excluding diaryl/α,β-unsaturated/α-hetero) is 1. The molecule has 8 nitrogen and oxygen atoms in total. The van der Waals surface area contributed by atoms with Crippen LogP contribution in [-0.2, 0) is 14.3 Å². The predicted molar refractivity (Wildman–Crippen MR) is 144 cm³/mol. The zero-order valence-electron chi connectivity index (χ0n) is 20.3. The summed E-state index contributed by atoms with van der Waals surface area (Å²) >= 11 is 5.36. The highest BCUT2D eigenvalue weighted by atomic mass is 32.1. The van der Waals surface area contributed by atoms with Gasteiger partial charge in [0.05, 0.1) is 5.56 Å². The van der Waals surface area contributed by atoms with Crippen LogP contribution < -0.4 is 10.6 Å². The Morgan fingerprint density at radius 3 is 2.70 bits per heavy atom. The van der Waals surface area contributed by atoms with Crippen LogP contribution in [0.3, 0.4) is 0 Å². The molecule has 0 fully saturated rings. The van der Waals surface area contributed by atoms with Crippen LogP contribution in [-0.4, -0.2) is 45.5 Å². The van der Waals surface area contributed by atoms with Crippen molar-refractivity contribution in [2.24, 2.45) is 5.92 Å². The third-order valence-electron chi connectivity index (χ3n) is 6.29. The van der Waals surface area contributed by atoms with Crippen LogP contribution in [0.5, 0.6) is 0 Å². The third kappa shape index (κ3) is 6.24. The highest BCUT2D eigenvalue weighted by molar-refractivity contribution is 7.80. The largest absolute Gasteiger partial charge is 0.508 e. The quantitative estimate of drug-likeness (QED) is 0.273. The molecule has 4 rings (SSSR count). The van der Waals surface area contributed by atoms with Crippen LogP contribution in [0.4, 0.5) is 5.69 Å². The standard InChI is InChI=1S/C28H28N2O6S/c1-16(31)5-3-2-4-12-29-28(37)30-17-6-9-20(23(13-17)27(34)35)26-21-10-7-18(32)14-24(21)36-25-15-19(33)8-11-22(25)26/h6-11,13-15,21,24,32H,2-5,12H2,1H3,(H,34,35)(H2,29,30,37). The van der Waals surface area contributed by atoms with E-state index in [9.17, 15) is 24.6 Å². The van der Waals surface area contributed by atoms with Crippen molar-refractivity contribution in [2.75, 3.05) is 11.9 Å². The highest BCUT2D eigenvalue weighted by Crippen LogP contribution is 2.45. The first-order valence-corrected chi connectivity index (χ1v) is 12.5. The number of carboxylic acids is 1. The van der Waals surface area contributed by atoms with Crippen molar-refractivity contribution in [3.63, 3.8) is 0 Å². The number of anilines is 1. The van der Waals surface area contributed by atoms with E-state index in [1.54, 1.807) is 43.4 Å². The van der Waals surface area contributed by atoms with E-state index in [1.165, 1.54) is 18.2 Å². The number of aliphatic hydroxyl groups excluding tert-OH is 1. The number of carbonyl (C=O) groups excluding carboxylic acids is 2. The summed E-state index contributed by atoms with van der Waals surface area (Å²) < 4.78 is 5.98. The van der Waals surface area contributed by atoms with Crippen LogP contribution in [0.1, 0.15) is 48.5 Å². The number of ether oxygens (including phenoxy) is 1. The first-order valence-electron chi connectivity index (χ1n) is 12.1. The predicted octanol–water partition coefficient (Wildman–Crippen LogP) is 4.62. The van der Waals surface area contributed by atoms with E-state index in [-0.39, 0.29) is 28.8 Å². The topological polar surface area (TPSA) is 125 Å². The number of unbranched alkanes of at least 4 members (excludes halogenated alkanes) is 2. The average molecular weight is 521 g/mol. The SMILES string of the molecule is CC(=O)CCCCCNC(=S)Nc1ccc(C2=C3C=CC(=O)C=C3OC3C=C(O)C=CC23)c(C(=O)O)c1. The lowest BCUT2D eigenvalue weighted by Crippen LogP contribution is -2.31. The summed E-state index contributed by atoms with van der Waals surface area (Å²) in [5, 5.41) is 26.6. The van der Waals surface area contributed by atoms with Crippen molar-refractivity contribution in [2.45, 2.75) is 38.7 Å². The number of hydrogen-bond acceptors (Lipinski definition) is 6. The van der Waals surface area contributed by atoms with Crippen LogP contribution in [0.15, 0.2) is 71.7 Å². The van der Waals surface area contributed by atoms with Gasteiger partial charge >= 0.3 is 5.97 Å². The Bertz CT molecular complexity index is 1300. The molecule has 0 saturated heterocycles. The van der Waals surface area contributed by atoms with Gasteiger partial charge in [-0.3, -0.25) is 4.79 Å². The number of carboxylic acid groups (broad SMARTS) is 1. The number of aromatic carboxylic acids is 1. The summed E-state index contributed by atoms with van der Waals surface area (Å²) in [5.41, 5.74) is 2.40. The molecule has 9 heteroatoms. The van der Waals surface area contributed by atoms with E-state index in [0.717, 1.165) is 19.3 Å². The van der Waals surface area contributed by atoms with Crippen LogP contribution >= 0.6 is 12.2 Å². The van der Waals surface area contributed by atoms with Gasteiger partial charge in [-0.15, -0.1) is 0 Å². The molecule has 0 radical (unpaired) electrons. The summed E-state index contributed by atoms with van der Waals surface area (Å²) in [4.78, 5) is 35.3. The van der Waals surface area contributed by atoms with Gasteiger partial charge in [0.25, 0.3) is 0 Å². The van der Waals surface area contributed by atoms with E-state index in [4.69, 9.17) is 17.0 Å². The van der Waals surface area contributed by atoms with Crippen molar-refractivity contribution in [1.29, 1.82) is 0 Å². The number of fused-ring (bicyclic) bond motifs is 2. The Morgan fingerprint density at radius 1 is 1.14 bits per heavy atom. The van der Waals surface area contributed by atoms with E-state index in [1.807, 2.05) is 0 Å². The van der Waals surface area contributed by atoms with E-state index >= 15 is 0 Å². The number of benzene rings is 1. The molecule has 0 aromatic heterocycles. The van der Waals surface area contributed by atoms with Crippen LogP contribution in [0.25, 0.3) is 5.57 Å². The van der Waals surface area contributed by atoms with Gasteiger partial charge in [0, 0.05) is 36.2 Å². The molecular weight excluding hydrogens is 492 g/mol. The van der Waals surface area contributed by atoms with Crippen LogP contribution in [0, 0.1) is 5.92 Å². The van der Waals surface area contributed by atoms with Gasteiger partial charge in [-0.25, -0.2) is 4.79 Å². The Labute approximate surface area is 220 Å². The number of rotatable bonds is 9. The minimum atomic E-state index is -1.11. The zero-order valence-corrected chi connectivity index (χ0v) is 21.1. The van der Waals surface area contributed by atoms with Gasteiger partial charge in [-0.1, -0.05) is 18.6 Å². The molecule has 2 unspecified atom stereocenters. The maximum absolute atomic E-state index is 12.3. The van der Waals surface area contributed by atoms with Gasteiger partial charge in [0.15, 0.2) is 10.9 Å². The molecule has 192 valence electrons. The van der Waals surface area contributed by atoms with Crippen molar-refractivity contribution in [1.82, 2.24) is 5.32 Å². The number of ketones is 2. The number of allylic oxidation sites excluding steroid dienone is 4. The minimum Gasteiger partial charge on any atom is -0.508 e. The number of thiocarbonyl (C=S) groups is 1. The summed E-state index contributed by atoms with van der Waals surface area (Å²) in [6.07, 6.45) is 11.9. The first-order chi connectivity index (χ1) is 17.7. The van der Waals surface area contributed by atoms with Gasteiger partial charge in [0.2, 0.25) is 0 Å². The number of carbonyl (C=O) groups is 3. The fraction of sp³-hybridized carbons (Fsp3) is 0.286. The summed E-state index contributed by atoms with van der Waals surface area (Å²) in [5.74, 6) is -1.13. The summed E-state index contributed by atoms with van der Waals surface area (Å²) in [7, 11) is 0. The molecule has 0 bridgehead atoms. The molecule has 0 spiro atoms. The summed E-state index contributed by atoms with van der Waals surface area (Å²) in [6, 6.07) is 4.99. The Balaban J connectivity index is 1.57. The Morgan fingerprint density at radius 2 is 1.95 bits per heavy atom. The molecule has 1 heterocycles. The molecule has 0 amide bonds. The van der Waals surface area contributed by atoms with Gasteiger partial charge in [0.1, 0.15) is 23.4 Å². The van der Waals surface area contributed by atoms with Crippen molar-refractivity contribution in [3.05, 3.63) is 82.9 Å². The lowest BCUT2D eigenvalue weighted by Gasteiger charge is -2.36. The lowest BCUT2D eigenvalue weighted by atomic mass is 9.77. The molecule has 37 heavy (non-hydrogen) atoms. The normalized spacial score (nSPS) is 19.8. The molecule has 2 aliphatic carbocycles. The van der Waals surface area contributed by atoms with Gasteiger partial charge in [-0.05, 0) is 79.6 Å². The smallest absolute Gasteiger partial charge is 0.336 e. The Kier molecular flexibility index (Phi) is 8.03. The third-order valence-corrected chi connectivity index (χ3v) is 6.54. The van der Waals surface area contributed by atoms with E-state index in [2.05, 4.69) is 10.6 Å². The van der Waals surface area contributed by atoms with E-state index < -0.39 is 12.1 Å². The fourth-order valence-electron chi connectivity index (χ4n) is 4.57.